The van der Waals surface area contributed by atoms with Gasteiger partial charge < -0.3 is 0 Å². The Kier molecular flexibility index (Phi) is 3.61. The number of para-hydroxylation sites is 1. The molecule has 0 unspecified atom stereocenters. The quantitative estimate of drug-likeness (QED) is 0.496. The van der Waals surface area contributed by atoms with Gasteiger partial charge in [-0.3, -0.25) is 4.98 Å². The molecule has 0 saturated carbocycles. The van der Waals surface area contributed by atoms with Gasteiger partial charge in [0.25, 0.3) is 0 Å². The molecule has 0 aliphatic rings. The van der Waals surface area contributed by atoms with Crippen molar-refractivity contribution >= 4 is 10.9 Å². The van der Waals surface area contributed by atoms with E-state index in [0.29, 0.717) is 17.5 Å². The highest BCUT2D eigenvalue weighted by molar-refractivity contribution is 5.86. The second-order valence-electron chi connectivity index (χ2n) is 5.90. The summed E-state index contributed by atoms with van der Waals surface area (Å²) in [5.41, 5.74) is 2.53. The molecule has 27 heavy (non-hydrogen) atoms. The van der Waals surface area contributed by atoms with Crippen molar-refractivity contribution in [3.8, 4) is 28.6 Å². The van der Waals surface area contributed by atoms with Crippen LogP contribution in [0.5, 0.6) is 0 Å². The highest BCUT2D eigenvalue weighted by Gasteiger charge is 2.14. The Morgan fingerprint density at radius 1 is 0.704 bits per heavy atom. The lowest BCUT2D eigenvalue weighted by atomic mass is 10.2. The number of tetrazole rings is 1. The number of hydrogen-bond acceptors (Lipinski definition) is 6. The van der Waals surface area contributed by atoms with Gasteiger partial charge in [-0.15, -0.1) is 15.0 Å². The lowest BCUT2D eigenvalue weighted by molar-refractivity contribution is 0.705. The van der Waals surface area contributed by atoms with Crippen molar-refractivity contribution in [1.82, 2.24) is 35.2 Å². The number of aromatic nitrogens is 7. The van der Waals surface area contributed by atoms with Crippen LogP contribution in [0.1, 0.15) is 0 Å². The van der Waals surface area contributed by atoms with Gasteiger partial charge in [0.15, 0.2) is 11.6 Å². The van der Waals surface area contributed by atoms with E-state index in [0.717, 1.165) is 22.0 Å². The Bertz CT molecular complexity index is 1220. The van der Waals surface area contributed by atoms with Crippen molar-refractivity contribution < 1.29 is 0 Å². The van der Waals surface area contributed by atoms with Crippen molar-refractivity contribution in [2.24, 2.45) is 0 Å². The van der Waals surface area contributed by atoms with E-state index in [-0.39, 0.29) is 0 Å². The van der Waals surface area contributed by atoms with Crippen molar-refractivity contribution in [2.75, 3.05) is 0 Å². The summed E-state index contributed by atoms with van der Waals surface area (Å²) in [5, 5.41) is 13.8. The highest BCUT2D eigenvalue weighted by atomic mass is 15.6. The molecule has 3 heterocycles. The van der Waals surface area contributed by atoms with Crippen LogP contribution in [0.4, 0.5) is 0 Å². The molecule has 0 bridgehead atoms. The van der Waals surface area contributed by atoms with Crippen LogP contribution in [0.25, 0.3) is 39.5 Å². The number of rotatable bonds is 3. The number of hydrogen-bond donors (Lipinski definition) is 0. The van der Waals surface area contributed by atoms with E-state index in [1.165, 1.54) is 4.80 Å². The topological polar surface area (TPSA) is 82.3 Å². The van der Waals surface area contributed by atoms with Gasteiger partial charge in [0.2, 0.25) is 5.82 Å². The Labute approximate surface area is 154 Å². The molecule has 0 radical (unpaired) electrons. The smallest absolute Gasteiger partial charge is 0.205 e. The number of benzene rings is 2. The summed E-state index contributed by atoms with van der Waals surface area (Å²) in [6, 6.07) is 21.3. The molecule has 2 aromatic carbocycles. The van der Waals surface area contributed by atoms with E-state index in [1.807, 2.05) is 66.7 Å². The van der Waals surface area contributed by atoms with Gasteiger partial charge in [0.1, 0.15) is 0 Å². The fourth-order valence-electron chi connectivity index (χ4n) is 2.84. The van der Waals surface area contributed by atoms with E-state index in [2.05, 4.69) is 25.4 Å². The molecule has 3 aromatic heterocycles. The molecular formula is C20H13N7. The van der Waals surface area contributed by atoms with Crippen LogP contribution in [0.2, 0.25) is 0 Å². The van der Waals surface area contributed by atoms with Crippen LogP contribution >= 0.6 is 0 Å². The molecule has 0 saturated heterocycles. The van der Waals surface area contributed by atoms with Crippen molar-refractivity contribution in [1.29, 1.82) is 0 Å². The Hall–Kier alpha value is -4.00. The maximum atomic E-state index is 4.70. The van der Waals surface area contributed by atoms with Gasteiger partial charge in [0.05, 0.1) is 5.52 Å². The molecule has 0 N–H and O–H groups in total. The molecule has 0 atom stereocenters. The van der Waals surface area contributed by atoms with Crippen molar-refractivity contribution in [3.63, 3.8) is 0 Å². The third-order valence-corrected chi connectivity index (χ3v) is 4.14. The summed E-state index contributed by atoms with van der Waals surface area (Å²) in [5.74, 6) is 1.69. The van der Waals surface area contributed by atoms with E-state index >= 15 is 0 Å². The molecule has 0 fully saturated rings. The second-order valence-corrected chi connectivity index (χ2v) is 5.90. The average molecular weight is 351 g/mol. The van der Waals surface area contributed by atoms with E-state index < -0.39 is 0 Å². The number of pyridine rings is 1. The van der Waals surface area contributed by atoms with Gasteiger partial charge in [-0.1, -0.05) is 42.5 Å². The third-order valence-electron chi connectivity index (χ3n) is 4.14. The fraction of sp³-hybridized carbons (Fsp3) is 0. The molecular weight excluding hydrogens is 338 g/mol. The van der Waals surface area contributed by atoms with E-state index in [1.54, 1.807) is 12.4 Å². The standard InChI is InChI=1S/C20H13N7/c1-2-7-14(8-3-1)19-24-26-27(25-19)20-16-10-4-5-11-17(16)22-18(23-20)15-9-6-12-21-13-15/h1-13H. The second kappa shape index (κ2) is 6.38. The Balaban J connectivity index is 1.70. The normalized spacial score (nSPS) is 11.0. The summed E-state index contributed by atoms with van der Waals surface area (Å²) < 4.78 is 0. The van der Waals surface area contributed by atoms with Gasteiger partial charge in [-0.25, -0.2) is 9.97 Å². The molecule has 7 heteroatoms. The fourth-order valence-corrected chi connectivity index (χ4v) is 2.84. The van der Waals surface area contributed by atoms with Gasteiger partial charge in [-0.2, -0.15) is 0 Å². The van der Waals surface area contributed by atoms with Crippen LogP contribution in [-0.4, -0.2) is 35.2 Å². The first kappa shape index (κ1) is 15.3. The summed E-state index contributed by atoms with van der Waals surface area (Å²) in [6.45, 7) is 0. The van der Waals surface area contributed by atoms with E-state index in [4.69, 9.17) is 4.98 Å². The minimum Gasteiger partial charge on any atom is -0.264 e. The average Bonchev–Trinajstić information content (AvgIpc) is 3.24. The first-order valence-electron chi connectivity index (χ1n) is 8.41. The summed E-state index contributed by atoms with van der Waals surface area (Å²) >= 11 is 0. The predicted octanol–water partition coefficient (Wildman–Crippen LogP) is 3.33. The van der Waals surface area contributed by atoms with Crippen LogP contribution < -0.4 is 0 Å². The first-order chi connectivity index (χ1) is 13.4. The highest BCUT2D eigenvalue weighted by Crippen LogP contribution is 2.23. The minimum atomic E-state index is 0.543. The molecule has 5 aromatic rings. The summed E-state index contributed by atoms with van der Waals surface area (Å²) in [4.78, 5) is 15.0. The minimum absolute atomic E-state index is 0.543. The SMILES string of the molecule is c1ccc(-c2nnn(-c3nc(-c4cccnc4)nc4ccccc34)n2)cc1. The van der Waals surface area contributed by atoms with Crippen LogP contribution in [0.15, 0.2) is 79.1 Å². The zero-order chi connectivity index (χ0) is 18.1. The van der Waals surface area contributed by atoms with Gasteiger partial charge >= 0.3 is 0 Å². The zero-order valence-electron chi connectivity index (χ0n) is 14.1. The number of fused-ring (bicyclic) bond motifs is 1. The monoisotopic (exact) mass is 351 g/mol. The lowest BCUT2D eigenvalue weighted by Crippen LogP contribution is -2.06. The maximum absolute atomic E-state index is 4.70. The van der Waals surface area contributed by atoms with E-state index in [9.17, 15) is 0 Å². The maximum Gasteiger partial charge on any atom is 0.205 e. The summed E-state index contributed by atoms with van der Waals surface area (Å²) in [7, 11) is 0. The molecule has 128 valence electrons. The molecule has 0 aliphatic carbocycles. The van der Waals surface area contributed by atoms with Gasteiger partial charge in [0, 0.05) is 28.9 Å². The van der Waals surface area contributed by atoms with Crippen LogP contribution in [0, 0.1) is 0 Å². The van der Waals surface area contributed by atoms with Gasteiger partial charge in [-0.05, 0) is 29.5 Å². The third kappa shape index (κ3) is 2.81. The zero-order valence-corrected chi connectivity index (χ0v) is 14.1. The van der Waals surface area contributed by atoms with Crippen molar-refractivity contribution in [2.45, 2.75) is 0 Å². The lowest BCUT2D eigenvalue weighted by Gasteiger charge is -2.07. The molecule has 7 nitrogen and oxygen atoms in total. The summed E-state index contributed by atoms with van der Waals surface area (Å²) in [6.07, 6.45) is 3.45. The van der Waals surface area contributed by atoms with Crippen molar-refractivity contribution in [3.05, 3.63) is 79.1 Å². The Morgan fingerprint density at radius 3 is 2.37 bits per heavy atom. The largest absolute Gasteiger partial charge is 0.264 e. The number of nitrogens with zero attached hydrogens (tertiary/aromatic N) is 7. The van der Waals surface area contributed by atoms with Crippen LogP contribution in [0.3, 0.4) is 0 Å². The molecule has 5 rings (SSSR count). The molecule has 0 spiro atoms. The Morgan fingerprint density at radius 2 is 1.52 bits per heavy atom. The van der Waals surface area contributed by atoms with Crippen LogP contribution in [-0.2, 0) is 0 Å². The molecule has 0 amide bonds. The predicted molar refractivity (Wildman–Crippen MR) is 101 cm³/mol. The molecule has 0 aliphatic heterocycles. The first-order valence-corrected chi connectivity index (χ1v) is 8.41.